The molecule has 3 nitrogen and oxygen atoms in total. The highest BCUT2D eigenvalue weighted by atomic mass is 15.1. The van der Waals surface area contributed by atoms with Gasteiger partial charge in [-0.15, -0.1) is 0 Å². The van der Waals surface area contributed by atoms with Crippen LogP contribution in [-0.4, -0.2) is 29.5 Å². The second-order valence-electron chi connectivity index (χ2n) is 5.13. The summed E-state index contributed by atoms with van der Waals surface area (Å²) in [5.74, 6) is 1.02. The molecule has 18 heavy (non-hydrogen) atoms. The Kier molecular flexibility index (Phi) is 5.46. The maximum absolute atomic E-state index is 4.68. The Morgan fingerprint density at radius 3 is 2.67 bits per heavy atom. The second kappa shape index (κ2) is 7.37. The van der Waals surface area contributed by atoms with Gasteiger partial charge in [-0.25, -0.2) is 4.98 Å². The molecule has 2 rings (SSSR count). The fraction of sp³-hybridized carbons (Fsp3) is 0.667. The van der Waals surface area contributed by atoms with Crippen LogP contribution in [0.4, 0.5) is 5.82 Å². The monoisotopic (exact) mass is 247 g/mol. The molecule has 1 aromatic rings. The summed E-state index contributed by atoms with van der Waals surface area (Å²) in [6.07, 6.45) is 6.60. The standard InChI is InChI=1S/C15H25N3/c1-2-10-16-15-9-7-8-14(17-15)13-18-11-5-3-4-6-12-18/h7-9H,2-6,10-13H2,1H3,(H,16,17). The van der Waals surface area contributed by atoms with Crippen molar-refractivity contribution in [3.63, 3.8) is 0 Å². The zero-order valence-electron chi connectivity index (χ0n) is 11.5. The zero-order chi connectivity index (χ0) is 12.6. The predicted octanol–water partition coefficient (Wildman–Crippen LogP) is 3.28. The van der Waals surface area contributed by atoms with Crippen LogP contribution in [0.15, 0.2) is 18.2 Å². The lowest BCUT2D eigenvalue weighted by Gasteiger charge is -2.19. The number of rotatable bonds is 5. The summed E-state index contributed by atoms with van der Waals surface area (Å²) in [5, 5.41) is 3.35. The van der Waals surface area contributed by atoms with Crippen molar-refractivity contribution >= 4 is 5.82 Å². The Balaban J connectivity index is 1.91. The summed E-state index contributed by atoms with van der Waals surface area (Å²) >= 11 is 0. The van der Waals surface area contributed by atoms with Crippen molar-refractivity contribution in [2.24, 2.45) is 0 Å². The summed E-state index contributed by atoms with van der Waals surface area (Å²) in [6.45, 7) is 6.64. The van der Waals surface area contributed by atoms with E-state index >= 15 is 0 Å². The SMILES string of the molecule is CCCNc1cccc(CN2CCCCCC2)n1. The van der Waals surface area contributed by atoms with Gasteiger partial charge in [-0.05, 0) is 44.5 Å². The molecule has 100 valence electrons. The summed E-state index contributed by atoms with van der Waals surface area (Å²) in [6, 6.07) is 6.31. The average Bonchev–Trinajstić information content (AvgIpc) is 2.65. The van der Waals surface area contributed by atoms with Crippen molar-refractivity contribution in [2.75, 3.05) is 25.0 Å². The number of aromatic nitrogens is 1. The van der Waals surface area contributed by atoms with Crippen molar-refractivity contribution < 1.29 is 0 Å². The lowest BCUT2D eigenvalue weighted by Crippen LogP contribution is -2.24. The fourth-order valence-corrected chi connectivity index (χ4v) is 2.44. The van der Waals surface area contributed by atoms with Crippen molar-refractivity contribution in [2.45, 2.75) is 45.6 Å². The Labute approximate surface area is 111 Å². The third-order valence-corrected chi connectivity index (χ3v) is 3.45. The third-order valence-electron chi connectivity index (χ3n) is 3.45. The summed E-state index contributed by atoms with van der Waals surface area (Å²) in [7, 11) is 0. The molecule has 1 N–H and O–H groups in total. The zero-order valence-corrected chi connectivity index (χ0v) is 11.5. The van der Waals surface area contributed by atoms with E-state index in [1.54, 1.807) is 0 Å². The van der Waals surface area contributed by atoms with Gasteiger partial charge in [0.05, 0.1) is 5.69 Å². The molecule has 1 aromatic heterocycles. The highest BCUT2D eigenvalue weighted by molar-refractivity contribution is 5.35. The van der Waals surface area contributed by atoms with Gasteiger partial charge < -0.3 is 5.32 Å². The number of hydrogen-bond donors (Lipinski definition) is 1. The van der Waals surface area contributed by atoms with Gasteiger partial charge in [0, 0.05) is 13.1 Å². The number of nitrogens with one attached hydrogen (secondary N) is 1. The van der Waals surface area contributed by atoms with E-state index in [0.29, 0.717) is 0 Å². The molecule has 0 spiro atoms. The molecule has 2 heterocycles. The molecular weight excluding hydrogens is 222 g/mol. The van der Waals surface area contributed by atoms with Crippen molar-refractivity contribution in [3.8, 4) is 0 Å². The molecule has 0 amide bonds. The van der Waals surface area contributed by atoms with Crippen molar-refractivity contribution in [1.82, 2.24) is 9.88 Å². The minimum Gasteiger partial charge on any atom is -0.370 e. The number of likely N-dealkylation sites (tertiary alicyclic amines) is 1. The van der Waals surface area contributed by atoms with E-state index in [4.69, 9.17) is 0 Å². The van der Waals surface area contributed by atoms with Crippen LogP contribution in [0.25, 0.3) is 0 Å². The first-order chi connectivity index (χ1) is 8.88. The topological polar surface area (TPSA) is 28.2 Å². The number of anilines is 1. The fourth-order valence-electron chi connectivity index (χ4n) is 2.44. The smallest absolute Gasteiger partial charge is 0.126 e. The number of nitrogens with zero attached hydrogens (tertiary/aromatic N) is 2. The molecule has 0 radical (unpaired) electrons. The van der Waals surface area contributed by atoms with Gasteiger partial charge in [-0.1, -0.05) is 25.8 Å². The summed E-state index contributed by atoms with van der Waals surface area (Å²) in [4.78, 5) is 7.22. The average molecular weight is 247 g/mol. The molecule has 3 heteroatoms. The summed E-state index contributed by atoms with van der Waals surface area (Å²) < 4.78 is 0. The molecule has 0 atom stereocenters. The van der Waals surface area contributed by atoms with E-state index in [9.17, 15) is 0 Å². The van der Waals surface area contributed by atoms with E-state index in [2.05, 4.69) is 40.3 Å². The first-order valence-electron chi connectivity index (χ1n) is 7.30. The van der Waals surface area contributed by atoms with Crippen LogP contribution in [0.3, 0.4) is 0 Å². The van der Waals surface area contributed by atoms with Crippen LogP contribution in [0.2, 0.25) is 0 Å². The van der Waals surface area contributed by atoms with Crippen LogP contribution < -0.4 is 5.32 Å². The molecule has 0 bridgehead atoms. The minimum absolute atomic E-state index is 1.00. The Bertz CT molecular complexity index is 343. The minimum atomic E-state index is 1.00. The Morgan fingerprint density at radius 1 is 1.17 bits per heavy atom. The molecule has 1 fully saturated rings. The first kappa shape index (κ1) is 13.3. The first-order valence-corrected chi connectivity index (χ1v) is 7.30. The van der Waals surface area contributed by atoms with Gasteiger partial charge in [0.15, 0.2) is 0 Å². The van der Waals surface area contributed by atoms with Crippen molar-refractivity contribution in [1.29, 1.82) is 0 Å². The van der Waals surface area contributed by atoms with E-state index < -0.39 is 0 Å². The molecule has 0 aliphatic carbocycles. The van der Waals surface area contributed by atoms with Crippen LogP contribution in [0.5, 0.6) is 0 Å². The van der Waals surface area contributed by atoms with Crippen LogP contribution in [-0.2, 0) is 6.54 Å². The Hall–Kier alpha value is -1.09. The molecule has 1 aliphatic rings. The van der Waals surface area contributed by atoms with Crippen LogP contribution in [0, 0.1) is 0 Å². The van der Waals surface area contributed by atoms with E-state index in [1.165, 1.54) is 44.5 Å². The molecular formula is C15H25N3. The highest BCUT2D eigenvalue weighted by Crippen LogP contribution is 2.13. The van der Waals surface area contributed by atoms with Crippen molar-refractivity contribution in [3.05, 3.63) is 23.9 Å². The van der Waals surface area contributed by atoms with Gasteiger partial charge in [-0.2, -0.15) is 0 Å². The predicted molar refractivity (Wildman–Crippen MR) is 76.8 cm³/mol. The van der Waals surface area contributed by atoms with Crippen LogP contribution >= 0.6 is 0 Å². The lowest BCUT2D eigenvalue weighted by molar-refractivity contribution is 0.274. The molecule has 0 unspecified atom stereocenters. The number of hydrogen-bond acceptors (Lipinski definition) is 3. The van der Waals surface area contributed by atoms with Gasteiger partial charge in [-0.3, -0.25) is 4.90 Å². The van der Waals surface area contributed by atoms with Gasteiger partial charge in [0.1, 0.15) is 5.82 Å². The van der Waals surface area contributed by atoms with Gasteiger partial charge in [0.25, 0.3) is 0 Å². The quantitative estimate of drug-likeness (QED) is 0.865. The normalized spacial score (nSPS) is 17.4. The van der Waals surface area contributed by atoms with Gasteiger partial charge >= 0.3 is 0 Å². The van der Waals surface area contributed by atoms with E-state index in [0.717, 1.165) is 25.3 Å². The molecule has 1 aliphatic heterocycles. The third kappa shape index (κ3) is 4.30. The van der Waals surface area contributed by atoms with E-state index in [-0.39, 0.29) is 0 Å². The molecule has 1 saturated heterocycles. The van der Waals surface area contributed by atoms with Crippen LogP contribution in [0.1, 0.15) is 44.7 Å². The maximum atomic E-state index is 4.68. The lowest BCUT2D eigenvalue weighted by atomic mass is 10.2. The van der Waals surface area contributed by atoms with Gasteiger partial charge in [0.2, 0.25) is 0 Å². The Morgan fingerprint density at radius 2 is 1.94 bits per heavy atom. The molecule has 0 saturated carbocycles. The maximum Gasteiger partial charge on any atom is 0.126 e. The summed E-state index contributed by atoms with van der Waals surface area (Å²) in [5.41, 5.74) is 1.19. The molecule has 0 aromatic carbocycles. The largest absolute Gasteiger partial charge is 0.370 e. The van der Waals surface area contributed by atoms with E-state index in [1.807, 2.05) is 0 Å². The number of pyridine rings is 1. The highest BCUT2D eigenvalue weighted by Gasteiger charge is 2.10. The second-order valence-corrected chi connectivity index (χ2v) is 5.13.